The molecule has 8 heteroatoms. The summed E-state index contributed by atoms with van der Waals surface area (Å²) in [5.74, 6) is -1.68. The smallest absolute Gasteiger partial charge is 0.262 e. The normalized spacial score (nSPS) is 15.4. The third kappa shape index (κ3) is 2.47. The molecule has 5 nitrogen and oxygen atoms in total. The summed E-state index contributed by atoms with van der Waals surface area (Å²) in [6.07, 6.45) is 0. The molecule has 23 heavy (non-hydrogen) atoms. The monoisotopic (exact) mass is 352 g/mol. The van der Waals surface area contributed by atoms with Gasteiger partial charge in [-0.05, 0) is 24.3 Å². The number of fused-ring (bicyclic) bond motifs is 1. The highest BCUT2D eigenvalue weighted by Gasteiger charge is 2.38. The van der Waals surface area contributed by atoms with Crippen LogP contribution in [0.4, 0.5) is 10.1 Å². The van der Waals surface area contributed by atoms with E-state index in [1.165, 1.54) is 18.2 Å². The standard InChI is InChI=1S/C15H10ClFN2O3S/c16-10-7-8(5-6-11(10)17)19-13-9-3-1-2-4-12(9)23(21,22)14(13)15(18)20/h1-7,19H,(H2,18,20). The molecule has 1 amide bonds. The Labute approximate surface area is 136 Å². The number of carbonyl (C=O) groups is 1. The predicted molar refractivity (Wildman–Crippen MR) is 84.8 cm³/mol. The molecule has 0 bridgehead atoms. The van der Waals surface area contributed by atoms with Gasteiger partial charge in [-0.25, -0.2) is 12.8 Å². The number of benzene rings is 2. The Kier molecular flexibility index (Phi) is 3.62. The van der Waals surface area contributed by atoms with Crippen LogP contribution in [-0.4, -0.2) is 14.3 Å². The van der Waals surface area contributed by atoms with Gasteiger partial charge in [0.1, 0.15) is 5.82 Å². The molecule has 0 saturated heterocycles. The maximum absolute atomic E-state index is 13.2. The summed E-state index contributed by atoms with van der Waals surface area (Å²) in [6.45, 7) is 0. The van der Waals surface area contributed by atoms with E-state index in [9.17, 15) is 17.6 Å². The Morgan fingerprint density at radius 1 is 1.17 bits per heavy atom. The third-order valence-corrected chi connectivity index (χ3v) is 5.52. The summed E-state index contributed by atoms with van der Waals surface area (Å²) in [5, 5.41) is 2.67. The summed E-state index contributed by atoms with van der Waals surface area (Å²) >= 11 is 5.71. The lowest BCUT2D eigenvalue weighted by molar-refractivity contribution is -0.113. The van der Waals surface area contributed by atoms with Gasteiger partial charge in [-0.2, -0.15) is 0 Å². The van der Waals surface area contributed by atoms with Crippen LogP contribution in [0.25, 0.3) is 5.70 Å². The Bertz CT molecular complexity index is 970. The summed E-state index contributed by atoms with van der Waals surface area (Å²) in [6, 6.07) is 9.92. The zero-order chi connectivity index (χ0) is 16.8. The molecule has 2 aromatic rings. The average Bonchev–Trinajstić information content (AvgIpc) is 2.71. The number of amides is 1. The van der Waals surface area contributed by atoms with Crippen molar-refractivity contribution in [1.29, 1.82) is 0 Å². The second kappa shape index (κ2) is 5.36. The third-order valence-electron chi connectivity index (χ3n) is 3.35. The number of halogens is 2. The Balaban J connectivity index is 2.19. The van der Waals surface area contributed by atoms with Crippen LogP contribution >= 0.6 is 11.6 Å². The lowest BCUT2D eigenvalue weighted by Crippen LogP contribution is -2.20. The molecular weight excluding hydrogens is 343 g/mol. The predicted octanol–water partition coefficient (Wildman–Crippen LogP) is 2.53. The van der Waals surface area contributed by atoms with Gasteiger partial charge in [0.15, 0.2) is 4.91 Å². The number of hydrogen-bond acceptors (Lipinski definition) is 4. The fourth-order valence-electron chi connectivity index (χ4n) is 2.37. The van der Waals surface area contributed by atoms with Crippen molar-refractivity contribution in [2.45, 2.75) is 4.90 Å². The van der Waals surface area contributed by atoms with E-state index >= 15 is 0 Å². The van der Waals surface area contributed by atoms with E-state index in [0.717, 1.165) is 6.07 Å². The van der Waals surface area contributed by atoms with Crippen LogP contribution in [-0.2, 0) is 14.6 Å². The van der Waals surface area contributed by atoms with Gasteiger partial charge in [0.25, 0.3) is 5.91 Å². The average molecular weight is 353 g/mol. The number of nitrogens with two attached hydrogens (primary N) is 1. The first-order chi connectivity index (χ1) is 10.8. The number of primary amides is 1. The van der Waals surface area contributed by atoms with Crippen molar-refractivity contribution in [3.05, 3.63) is 63.8 Å². The first-order valence-electron chi connectivity index (χ1n) is 6.43. The molecule has 3 rings (SSSR count). The molecule has 0 spiro atoms. The fourth-order valence-corrected chi connectivity index (χ4v) is 4.18. The highest BCUT2D eigenvalue weighted by Crippen LogP contribution is 2.39. The minimum atomic E-state index is -4.00. The lowest BCUT2D eigenvalue weighted by Gasteiger charge is -2.10. The van der Waals surface area contributed by atoms with Crippen molar-refractivity contribution in [3.63, 3.8) is 0 Å². The van der Waals surface area contributed by atoms with Gasteiger partial charge in [-0.1, -0.05) is 29.8 Å². The first kappa shape index (κ1) is 15.5. The van der Waals surface area contributed by atoms with E-state index in [4.69, 9.17) is 17.3 Å². The van der Waals surface area contributed by atoms with Gasteiger partial charge in [0, 0.05) is 11.3 Å². The SMILES string of the molecule is NC(=O)C1=C(Nc2ccc(F)c(Cl)c2)c2ccccc2S1(=O)=O. The summed E-state index contributed by atoms with van der Waals surface area (Å²) in [7, 11) is -4.00. The van der Waals surface area contributed by atoms with Crippen LogP contribution in [0, 0.1) is 5.82 Å². The highest BCUT2D eigenvalue weighted by atomic mass is 35.5. The van der Waals surface area contributed by atoms with Crippen LogP contribution in [0.5, 0.6) is 0 Å². The number of anilines is 1. The minimum absolute atomic E-state index is 0.00971. The molecule has 2 aromatic carbocycles. The Morgan fingerprint density at radius 3 is 2.52 bits per heavy atom. The molecule has 0 unspecified atom stereocenters. The van der Waals surface area contributed by atoms with Crippen molar-refractivity contribution in [1.82, 2.24) is 0 Å². The van der Waals surface area contributed by atoms with Crippen LogP contribution in [0.3, 0.4) is 0 Å². The summed E-state index contributed by atoms with van der Waals surface area (Å²) in [5.41, 5.74) is 5.95. The van der Waals surface area contributed by atoms with Crippen LogP contribution in [0.2, 0.25) is 5.02 Å². The number of carbonyl (C=O) groups excluding carboxylic acids is 1. The second-order valence-corrected chi connectivity index (χ2v) is 7.08. The largest absolute Gasteiger partial charge is 0.365 e. The van der Waals surface area contributed by atoms with Crippen molar-refractivity contribution < 1.29 is 17.6 Å². The lowest BCUT2D eigenvalue weighted by atomic mass is 10.1. The van der Waals surface area contributed by atoms with Gasteiger partial charge in [-0.3, -0.25) is 4.79 Å². The molecule has 0 atom stereocenters. The van der Waals surface area contributed by atoms with Crippen molar-refractivity contribution >= 4 is 38.7 Å². The van der Waals surface area contributed by atoms with Crippen molar-refractivity contribution in [2.75, 3.05) is 5.32 Å². The minimum Gasteiger partial charge on any atom is -0.365 e. The van der Waals surface area contributed by atoms with E-state index in [2.05, 4.69) is 5.32 Å². The highest BCUT2D eigenvalue weighted by molar-refractivity contribution is 7.97. The van der Waals surface area contributed by atoms with Crippen molar-refractivity contribution in [2.24, 2.45) is 5.73 Å². The quantitative estimate of drug-likeness (QED) is 0.888. The van der Waals surface area contributed by atoms with Crippen LogP contribution < -0.4 is 11.1 Å². The number of hydrogen-bond donors (Lipinski definition) is 2. The molecule has 0 aliphatic carbocycles. The number of sulfone groups is 1. The molecule has 1 aliphatic heterocycles. The van der Waals surface area contributed by atoms with E-state index < -0.39 is 26.5 Å². The number of nitrogens with one attached hydrogen (secondary N) is 1. The first-order valence-corrected chi connectivity index (χ1v) is 8.29. The maximum Gasteiger partial charge on any atom is 0.262 e. The van der Waals surface area contributed by atoms with Crippen LogP contribution in [0.1, 0.15) is 5.56 Å². The number of rotatable bonds is 3. The topological polar surface area (TPSA) is 89.3 Å². The van der Waals surface area contributed by atoms with Gasteiger partial charge in [0.2, 0.25) is 9.84 Å². The molecule has 1 aliphatic rings. The van der Waals surface area contributed by atoms with Gasteiger partial charge < -0.3 is 11.1 Å². The van der Waals surface area contributed by atoms with Gasteiger partial charge in [0.05, 0.1) is 15.6 Å². The molecule has 1 heterocycles. The zero-order valence-electron chi connectivity index (χ0n) is 11.5. The van der Waals surface area contributed by atoms with E-state index in [-0.39, 0.29) is 15.6 Å². The molecule has 3 N–H and O–H groups in total. The van der Waals surface area contributed by atoms with Gasteiger partial charge >= 0.3 is 0 Å². The summed E-state index contributed by atoms with van der Waals surface area (Å²) in [4.78, 5) is 11.1. The molecule has 0 aromatic heterocycles. The zero-order valence-corrected chi connectivity index (χ0v) is 13.1. The Morgan fingerprint density at radius 2 is 1.87 bits per heavy atom. The van der Waals surface area contributed by atoms with Crippen LogP contribution in [0.15, 0.2) is 52.3 Å². The molecule has 0 fully saturated rings. The molecular formula is C15H10ClFN2O3S. The second-order valence-electron chi connectivity index (χ2n) is 4.82. The van der Waals surface area contributed by atoms with Gasteiger partial charge in [-0.15, -0.1) is 0 Å². The van der Waals surface area contributed by atoms with E-state index in [1.54, 1.807) is 18.2 Å². The van der Waals surface area contributed by atoms with E-state index in [0.29, 0.717) is 11.3 Å². The molecule has 0 radical (unpaired) electrons. The maximum atomic E-state index is 13.2. The Hall–Kier alpha value is -2.38. The summed E-state index contributed by atoms with van der Waals surface area (Å²) < 4.78 is 38.2. The fraction of sp³-hybridized carbons (Fsp3) is 0. The van der Waals surface area contributed by atoms with E-state index in [1.807, 2.05) is 0 Å². The van der Waals surface area contributed by atoms with Crippen molar-refractivity contribution in [3.8, 4) is 0 Å². The molecule has 118 valence electrons. The molecule has 0 saturated carbocycles.